The minimum absolute atomic E-state index is 0.0104. The van der Waals surface area contributed by atoms with Gasteiger partial charge in [0.1, 0.15) is 5.69 Å². The Balaban J connectivity index is 2.57. The van der Waals surface area contributed by atoms with E-state index in [4.69, 9.17) is 5.11 Å². The maximum atomic E-state index is 11.1. The first-order valence-electron chi connectivity index (χ1n) is 4.72. The number of aromatic nitrogens is 2. The summed E-state index contributed by atoms with van der Waals surface area (Å²) in [6.07, 6.45) is 1.34. The predicted molar refractivity (Wildman–Crippen MR) is 64.9 cm³/mol. The number of carboxylic acids is 1. The van der Waals surface area contributed by atoms with Crippen molar-refractivity contribution in [3.8, 4) is 5.69 Å². The molecule has 0 bridgehead atoms. The Labute approximate surface area is 109 Å². The summed E-state index contributed by atoms with van der Waals surface area (Å²) in [5, 5.41) is 23.3. The number of halogens is 1. The van der Waals surface area contributed by atoms with Gasteiger partial charge in [-0.2, -0.15) is 0 Å². The fourth-order valence-corrected chi connectivity index (χ4v) is 1.77. The molecule has 0 spiro atoms. The highest BCUT2D eigenvalue weighted by Gasteiger charge is 2.18. The lowest BCUT2D eigenvalue weighted by molar-refractivity contribution is -0.389. The number of hydrogen-bond donors (Lipinski definition) is 1. The average Bonchev–Trinajstić information content (AvgIpc) is 2.77. The van der Waals surface area contributed by atoms with Crippen molar-refractivity contribution in [1.29, 1.82) is 0 Å². The zero-order valence-corrected chi connectivity index (χ0v) is 10.4. The van der Waals surface area contributed by atoms with Crippen LogP contribution < -0.4 is 0 Å². The standard InChI is InChI=1S/C10H6BrN3O4/c11-6-1-2-7(10(15)16)8(5-6)13-4-3-9(12-13)14(17)18/h1-5H,(H,15,16). The van der Waals surface area contributed by atoms with E-state index in [1.807, 2.05) is 0 Å². The smallest absolute Gasteiger partial charge is 0.390 e. The number of rotatable bonds is 3. The summed E-state index contributed by atoms with van der Waals surface area (Å²) in [6.45, 7) is 0. The Hall–Kier alpha value is -2.22. The van der Waals surface area contributed by atoms with Crippen LogP contribution in [-0.2, 0) is 0 Å². The summed E-state index contributed by atoms with van der Waals surface area (Å²) in [5.74, 6) is -1.47. The Morgan fingerprint density at radius 2 is 2.17 bits per heavy atom. The van der Waals surface area contributed by atoms with Gasteiger partial charge in [-0.15, -0.1) is 4.68 Å². The second kappa shape index (κ2) is 4.57. The lowest BCUT2D eigenvalue weighted by atomic mass is 10.2. The summed E-state index contributed by atoms with van der Waals surface area (Å²) >= 11 is 3.21. The number of nitro groups is 1. The predicted octanol–water partition coefficient (Wildman–Crippen LogP) is 2.24. The molecular formula is C10H6BrN3O4. The minimum Gasteiger partial charge on any atom is -0.478 e. The molecule has 18 heavy (non-hydrogen) atoms. The van der Waals surface area contributed by atoms with Gasteiger partial charge in [0.15, 0.2) is 0 Å². The van der Waals surface area contributed by atoms with Crippen LogP contribution in [0.1, 0.15) is 10.4 Å². The molecule has 1 heterocycles. The summed E-state index contributed by atoms with van der Waals surface area (Å²) in [4.78, 5) is 20.9. The third kappa shape index (κ3) is 2.23. The Bertz CT molecular complexity index is 638. The van der Waals surface area contributed by atoms with Crippen molar-refractivity contribution in [2.75, 3.05) is 0 Å². The molecule has 0 saturated carbocycles. The molecule has 1 aromatic heterocycles. The van der Waals surface area contributed by atoms with Gasteiger partial charge >= 0.3 is 11.8 Å². The van der Waals surface area contributed by atoms with Gasteiger partial charge in [-0.25, -0.2) is 4.79 Å². The van der Waals surface area contributed by atoms with Gasteiger partial charge < -0.3 is 15.2 Å². The van der Waals surface area contributed by atoms with Gasteiger partial charge in [0.25, 0.3) is 0 Å². The highest BCUT2D eigenvalue weighted by atomic mass is 79.9. The van der Waals surface area contributed by atoms with E-state index >= 15 is 0 Å². The maximum absolute atomic E-state index is 11.1. The van der Waals surface area contributed by atoms with E-state index in [0.717, 1.165) is 4.68 Å². The molecular weight excluding hydrogens is 306 g/mol. The van der Waals surface area contributed by atoms with E-state index in [2.05, 4.69) is 21.0 Å². The largest absolute Gasteiger partial charge is 0.478 e. The zero-order valence-electron chi connectivity index (χ0n) is 8.78. The second-order valence-electron chi connectivity index (χ2n) is 3.34. The first kappa shape index (κ1) is 12.2. The molecule has 0 unspecified atom stereocenters. The molecule has 0 atom stereocenters. The third-order valence-corrected chi connectivity index (χ3v) is 2.69. The lowest BCUT2D eigenvalue weighted by Crippen LogP contribution is -2.06. The Morgan fingerprint density at radius 1 is 1.44 bits per heavy atom. The fourth-order valence-electron chi connectivity index (χ4n) is 1.42. The average molecular weight is 312 g/mol. The van der Waals surface area contributed by atoms with Crippen molar-refractivity contribution in [2.45, 2.75) is 0 Å². The number of carboxylic acid groups (broad SMARTS) is 1. The van der Waals surface area contributed by atoms with Crippen molar-refractivity contribution in [2.24, 2.45) is 0 Å². The highest BCUT2D eigenvalue weighted by Crippen LogP contribution is 2.21. The normalized spacial score (nSPS) is 10.3. The molecule has 2 rings (SSSR count). The monoisotopic (exact) mass is 311 g/mol. The van der Waals surface area contributed by atoms with Crippen LogP contribution in [0.3, 0.4) is 0 Å². The van der Waals surface area contributed by atoms with E-state index in [0.29, 0.717) is 4.47 Å². The van der Waals surface area contributed by atoms with E-state index in [1.54, 1.807) is 6.07 Å². The van der Waals surface area contributed by atoms with Gasteiger partial charge in [-0.05, 0) is 23.1 Å². The van der Waals surface area contributed by atoms with Gasteiger partial charge in [-0.3, -0.25) is 0 Å². The Kier molecular flexibility index (Phi) is 3.11. The van der Waals surface area contributed by atoms with Crippen LogP contribution in [-0.4, -0.2) is 25.8 Å². The molecule has 1 aromatic carbocycles. The molecule has 8 heteroatoms. The molecule has 0 fully saturated rings. The summed E-state index contributed by atoms with van der Waals surface area (Å²) in [7, 11) is 0. The molecule has 92 valence electrons. The molecule has 0 amide bonds. The summed E-state index contributed by atoms with van der Waals surface area (Å²) in [6, 6.07) is 5.70. The van der Waals surface area contributed by atoms with Crippen molar-refractivity contribution < 1.29 is 14.8 Å². The molecule has 2 aromatic rings. The Morgan fingerprint density at radius 3 is 2.72 bits per heavy atom. The van der Waals surface area contributed by atoms with E-state index in [9.17, 15) is 14.9 Å². The van der Waals surface area contributed by atoms with Crippen LogP contribution in [0.2, 0.25) is 0 Å². The van der Waals surface area contributed by atoms with Crippen LogP contribution in [0.4, 0.5) is 5.82 Å². The van der Waals surface area contributed by atoms with Crippen molar-refractivity contribution >= 4 is 27.7 Å². The van der Waals surface area contributed by atoms with Crippen molar-refractivity contribution in [1.82, 2.24) is 9.78 Å². The van der Waals surface area contributed by atoms with Crippen LogP contribution in [0.15, 0.2) is 34.9 Å². The summed E-state index contributed by atoms with van der Waals surface area (Å²) in [5.41, 5.74) is 0.265. The van der Waals surface area contributed by atoms with Gasteiger partial charge in [0.05, 0.1) is 22.9 Å². The molecule has 1 N–H and O–H groups in total. The van der Waals surface area contributed by atoms with Crippen LogP contribution in [0.25, 0.3) is 5.69 Å². The van der Waals surface area contributed by atoms with Gasteiger partial charge in [0.2, 0.25) is 0 Å². The molecule has 7 nitrogen and oxygen atoms in total. The minimum atomic E-state index is -1.13. The number of nitrogens with zero attached hydrogens (tertiary/aromatic N) is 3. The molecule has 0 saturated heterocycles. The lowest BCUT2D eigenvalue weighted by Gasteiger charge is -2.03. The molecule has 0 aliphatic heterocycles. The van der Waals surface area contributed by atoms with Crippen LogP contribution in [0.5, 0.6) is 0 Å². The first-order valence-corrected chi connectivity index (χ1v) is 5.51. The number of hydrogen-bond acceptors (Lipinski definition) is 4. The van der Waals surface area contributed by atoms with Crippen LogP contribution in [0, 0.1) is 10.1 Å². The van der Waals surface area contributed by atoms with Crippen LogP contribution >= 0.6 is 15.9 Å². The van der Waals surface area contributed by atoms with Gasteiger partial charge in [0, 0.05) is 4.47 Å². The molecule has 0 aliphatic rings. The topological polar surface area (TPSA) is 98.3 Å². The second-order valence-corrected chi connectivity index (χ2v) is 4.26. The third-order valence-electron chi connectivity index (χ3n) is 2.20. The van der Waals surface area contributed by atoms with E-state index < -0.39 is 10.9 Å². The van der Waals surface area contributed by atoms with E-state index in [-0.39, 0.29) is 17.1 Å². The highest BCUT2D eigenvalue weighted by molar-refractivity contribution is 9.10. The van der Waals surface area contributed by atoms with E-state index in [1.165, 1.54) is 24.4 Å². The molecule has 0 radical (unpaired) electrons. The first-order chi connectivity index (χ1) is 8.49. The SMILES string of the molecule is O=C(O)c1ccc(Br)cc1-n1ccc([N+](=O)[O-])n1. The van der Waals surface area contributed by atoms with Crippen molar-refractivity contribution in [3.63, 3.8) is 0 Å². The number of carbonyl (C=O) groups is 1. The molecule has 0 aliphatic carbocycles. The number of benzene rings is 1. The fraction of sp³-hybridized carbons (Fsp3) is 0. The zero-order chi connectivity index (χ0) is 13.3. The maximum Gasteiger partial charge on any atom is 0.390 e. The summed E-state index contributed by atoms with van der Waals surface area (Å²) < 4.78 is 1.81. The quantitative estimate of drug-likeness (QED) is 0.692. The van der Waals surface area contributed by atoms with Gasteiger partial charge in [-0.1, -0.05) is 15.9 Å². The van der Waals surface area contributed by atoms with Crippen molar-refractivity contribution in [3.05, 3.63) is 50.6 Å². The number of aromatic carboxylic acids is 1.